The first-order chi connectivity index (χ1) is 43.2. The zero-order chi connectivity index (χ0) is 64.8. The van der Waals surface area contributed by atoms with E-state index in [0.29, 0.717) is 34.6 Å². The quantitative estimate of drug-likeness (QED) is 0.0256. The molecule has 91 heavy (non-hydrogen) atoms. The zero-order valence-electron chi connectivity index (χ0n) is 51.7. The van der Waals surface area contributed by atoms with Gasteiger partial charge in [0.15, 0.2) is 28.6 Å². The molecule has 0 amide bonds. The topological polar surface area (TPSA) is 364 Å². The number of ether oxygens (including phenoxy) is 6. The normalized spacial score (nSPS) is 22.8. The molecule has 3 aliphatic rings. The van der Waals surface area contributed by atoms with Crippen LogP contribution in [0.1, 0.15) is 111 Å². The Bertz CT molecular complexity index is 4160. The summed E-state index contributed by atoms with van der Waals surface area (Å²) in [5.74, 6) is -1.16. The molecule has 8 N–H and O–H groups in total. The molecule has 8 aromatic rings. The summed E-state index contributed by atoms with van der Waals surface area (Å²) in [4.78, 5) is 54.0. The fourth-order valence-corrected chi connectivity index (χ4v) is 14.6. The van der Waals surface area contributed by atoms with Crippen molar-refractivity contribution < 1.29 is 75.4 Å². The Balaban J connectivity index is 0.843. The van der Waals surface area contributed by atoms with E-state index >= 15 is 9.13 Å². The first-order valence-electron chi connectivity index (χ1n) is 29.7. The van der Waals surface area contributed by atoms with E-state index in [1.807, 2.05) is 39.0 Å². The van der Waals surface area contributed by atoms with Gasteiger partial charge < -0.3 is 59.1 Å². The number of nitrogen functional groups attached to an aromatic ring is 2. The van der Waals surface area contributed by atoms with Crippen molar-refractivity contribution in [1.29, 1.82) is 0 Å². The van der Waals surface area contributed by atoms with Crippen LogP contribution >= 0.6 is 15.5 Å². The van der Waals surface area contributed by atoms with Gasteiger partial charge in [0.25, 0.3) is 0 Å². The second kappa shape index (κ2) is 25.6. The van der Waals surface area contributed by atoms with Gasteiger partial charge in [-0.1, -0.05) is 93.9 Å². The van der Waals surface area contributed by atoms with Crippen LogP contribution in [0.4, 0.5) is 11.9 Å². The second-order valence-electron chi connectivity index (χ2n) is 24.3. The Morgan fingerprint density at radius 2 is 1.27 bits per heavy atom. The van der Waals surface area contributed by atoms with Crippen LogP contribution in [-0.4, -0.2) is 124 Å². The van der Waals surface area contributed by atoms with E-state index < -0.39 is 87.4 Å². The lowest BCUT2D eigenvalue weighted by Crippen LogP contribution is -2.38. The SMILES string of the molecule is COc1nc(N)nc2c1ncn2C1OC(COP(=O)(N[C@@H](C)C(=O)OC2CCCCC2)Oc2cccc3c(C(OC(=O)[C@H](C)NP(=O)(OC[C@@H]4C[C@@](C)(O)C(n5cnc6c(OC)nc(N)nc65)O4)Oc4cccc5ccccc45)C(C)(C)C)cccc23)=C[C@@]1(C)O. The Hall–Kier alpha value is -8.04. The van der Waals surface area contributed by atoms with Crippen molar-refractivity contribution in [3.63, 3.8) is 0 Å². The van der Waals surface area contributed by atoms with Crippen LogP contribution in [0.2, 0.25) is 0 Å². The van der Waals surface area contributed by atoms with Crippen molar-refractivity contribution in [3.8, 4) is 23.3 Å². The average Bonchev–Trinajstić information content (AvgIpc) is 1.70. The van der Waals surface area contributed by atoms with E-state index in [0.717, 1.165) is 24.6 Å². The van der Waals surface area contributed by atoms with Crippen LogP contribution in [0.3, 0.4) is 0 Å². The molecule has 2 fully saturated rings. The molecule has 0 bridgehead atoms. The molecule has 2 aliphatic heterocycles. The van der Waals surface area contributed by atoms with Crippen LogP contribution in [0.5, 0.6) is 23.3 Å². The third kappa shape index (κ3) is 13.8. The maximum atomic E-state index is 15.4. The molecule has 0 radical (unpaired) electrons. The Morgan fingerprint density at radius 3 is 1.91 bits per heavy atom. The fraction of sp³-hybridized carbons (Fsp3) is 0.443. The number of carbonyl (C=O) groups excluding carboxylic acids is 2. The Labute approximate surface area is 523 Å². The first-order valence-corrected chi connectivity index (χ1v) is 32.7. The minimum atomic E-state index is -4.66. The second-order valence-corrected chi connectivity index (χ2v) is 27.7. The Kier molecular flexibility index (Phi) is 18.1. The predicted octanol–water partition coefficient (Wildman–Crippen LogP) is 9.23. The number of hydrogen-bond acceptors (Lipinski definition) is 24. The van der Waals surface area contributed by atoms with E-state index in [9.17, 15) is 19.8 Å². The highest BCUT2D eigenvalue weighted by Crippen LogP contribution is 2.52. The van der Waals surface area contributed by atoms with Gasteiger partial charge in [0.1, 0.15) is 65.7 Å². The van der Waals surface area contributed by atoms with Crippen molar-refractivity contribution >= 4 is 83.2 Å². The van der Waals surface area contributed by atoms with Crippen LogP contribution < -0.4 is 40.2 Å². The van der Waals surface area contributed by atoms with Crippen LogP contribution in [0, 0.1) is 5.41 Å². The average molecular weight is 1290 g/mol. The van der Waals surface area contributed by atoms with Crippen LogP contribution in [-0.2, 0) is 46.7 Å². The van der Waals surface area contributed by atoms with E-state index in [1.165, 1.54) is 62.9 Å². The van der Waals surface area contributed by atoms with Gasteiger partial charge >= 0.3 is 27.4 Å². The first kappa shape index (κ1) is 64.5. The van der Waals surface area contributed by atoms with Crippen LogP contribution in [0.25, 0.3) is 43.9 Å². The van der Waals surface area contributed by atoms with Gasteiger partial charge in [0, 0.05) is 28.2 Å². The summed E-state index contributed by atoms with van der Waals surface area (Å²) in [5.41, 5.74) is 9.44. The maximum absolute atomic E-state index is 15.4. The summed E-state index contributed by atoms with van der Waals surface area (Å²) in [6.45, 7) is 10.7. The summed E-state index contributed by atoms with van der Waals surface area (Å²) >= 11 is 0. The number of esters is 2. The number of benzene rings is 4. The molecule has 10 atom stereocenters. The molecule has 11 rings (SSSR count). The van der Waals surface area contributed by atoms with Gasteiger partial charge in [-0.2, -0.15) is 30.1 Å². The number of methoxy groups -OCH3 is 2. The molecule has 1 saturated heterocycles. The van der Waals surface area contributed by atoms with E-state index in [-0.39, 0.29) is 82.4 Å². The molecule has 484 valence electrons. The number of hydrogen-bond donors (Lipinski definition) is 6. The van der Waals surface area contributed by atoms with Crippen molar-refractivity contribution in [2.75, 3.05) is 38.9 Å². The van der Waals surface area contributed by atoms with Gasteiger partial charge in [-0.3, -0.25) is 27.8 Å². The highest BCUT2D eigenvalue weighted by atomic mass is 31.2. The third-order valence-electron chi connectivity index (χ3n) is 15.9. The van der Waals surface area contributed by atoms with E-state index in [1.54, 1.807) is 67.6 Å². The molecular weight excluding hydrogens is 1220 g/mol. The summed E-state index contributed by atoms with van der Waals surface area (Å²) in [6.07, 6.45) is 3.99. The minimum Gasteiger partial charge on any atom is -0.479 e. The number of fused-ring (bicyclic) bond motifs is 4. The number of imidazole rings is 2. The summed E-state index contributed by atoms with van der Waals surface area (Å²) in [5, 5.41) is 31.5. The largest absolute Gasteiger partial charge is 0.479 e. The van der Waals surface area contributed by atoms with Gasteiger partial charge in [0.2, 0.25) is 29.9 Å². The lowest BCUT2D eigenvalue weighted by atomic mass is 9.82. The van der Waals surface area contributed by atoms with Gasteiger partial charge in [0.05, 0.1) is 33.3 Å². The molecule has 6 heterocycles. The monoisotopic (exact) mass is 1290 g/mol. The number of nitrogens with two attached hydrogens (primary N) is 2. The molecular formula is C61H74N12O16P2. The van der Waals surface area contributed by atoms with Crippen molar-refractivity contribution in [3.05, 3.63) is 109 Å². The molecule has 5 unspecified atom stereocenters. The number of aliphatic hydroxyl groups is 2. The van der Waals surface area contributed by atoms with E-state index in [2.05, 4.69) is 40.1 Å². The molecule has 4 aromatic carbocycles. The van der Waals surface area contributed by atoms with Crippen molar-refractivity contribution in [2.45, 2.75) is 141 Å². The Morgan fingerprint density at radius 1 is 0.725 bits per heavy atom. The molecule has 28 nitrogen and oxygen atoms in total. The molecule has 1 aliphatic carbocycles. The van der Waals surface area contributed by atoms with E-state index in [4.69, 9.17) is 58.0 Å². The summed E-state index contributed by atoms with van der Waals surface area (Å²) in [7, 11) is -6.43. The van der Waals surface area contributed by atoms with Crippen molar-refractivity contribution in [1.82, 2.24) is 49.2 Å². The lowest BCUT2D eigenvalue weighted by Gasteiger charge is -2.33. The predicted molar refractivity (Wildman–Crippen MR) is 333 cm³/mol. The molecule has 30 heteroatoms. The standard InChI is InChI=1S/C61H74N12O16P2/c1-34(53(74)84-37-20-11-10-12-21-37)70-91(79,83-31-39-29-61(7,77)56(86-39)73-33-65-47-50(73)67-58(63)69-52(47)81-9)89-45-27-17-23-41-42(45)24-16-25-43(41)48(59(3,4)5)87-54(75)35(2)71-90(78,88-44-26-15-19-36-18-13-14-22-40(36)44)82-30-38-28-60(6,76)55(85-38)72-32-64-46-49(72)66-57(62)68-51(46)80-8/h13-19,22-27,29,32-35,37-38,48,55-56,76-77H,10-12,20-21,28,30-31H2,1-9H3,(H,70,79)(H,71,78)(H2,62,66,68)(H2,63,67,69)/t34-,35-,38-,48?,55?,56?,60+,61+,90?,91?/m0/s1. The number of aromatic nitrogens is 8. The lowest BCUT2D eigenvalue weighted by molar-refractivity contribution is -0.157. The molecule has 4 aromatic heterocycles. The maximum Gasteiger partial charge on any atom is 0.459 e. The molecule has 0 spiro atoms. The number of nitrogens with zero attached hydrogens (tertiary/aromatic N) is 8. The highest BCUT2D eigenvalue weighted by Gasteiger charge is 2.48. The van der Waals surface area contributed by atoms with Gasteiger partial charge in [-0.25, -0.2) is 19.1 Å². The molecule has 1 saturated carbocycles. The number of anilines is 2. The fourth-order valence-electron chi connectivity index (χ4n) is 11.6. The minimum absolute atomic E-state index is 0.00504. The summed E-state index contributed by atoms with van der Waals surface area (Å²) in [6, 6.07) is 20.2. The van der Waals surface area contributed by atoms with Crippen molar-refractivity contribution in [2.24, 2.45) is 5.41 Å². The van der Waals surface area contributed by atoms with Gasteiger partial charge in [-0.15, -0.1) is 0 Å². The van der Waals surface area contributed by atoms with Gasteiger partial charge in [-0.05, 0) is 82.4 Å². The number of nitrogens with one attached hydrogen (secondary N) is 2. The number of carbonyl (C=O) groups is 2. The summed E-state index contributed by atoms with van der Waals surface area (Å²) < 4.78 is 94.5. The zero-order valence-corrected chi connectivity index (χ0v) is 53.5. The highest BCUT2D eigenvalue weighted by molar-refractivity contribution is 7.52. The number of rotatable bonds is 23. The third-order valence-corrected chi connectivity index (χ3v) is 19.1. The van der Waals surface area contributed by atoms with Crippen LogP contribution in [0.15, 0.2) is 103 Å². The smallest absolute Gasteiger partial charge is 0.459 e.